The van der Waals surface area contributed by atoms with Gasteiger partial charge in [-0.2, -0.15) is 0 Å². The van der Waals surface area contributed by atoms with E-state index >= 15 is 0 Å². The molecule has 2 rings (SSSR count). The van der Waals surface area contributed by atoms with Crippen LogP contribution < -0.4 is 0 Å². The lowest BCUT2D eigenvalue weighted by atomic mass is 10.0. The molecule has 0 bridgehead atoms. The molecule has 2 heterocycles. The fourth-order valence-corrected chi connectivity index (χ4v) is 1.76. The largest absolute Gasteiger partial charge is 0.440 e. The number of aromatic nitrogens is 2. The van der Waals surface area contributed by atoms with Gasteiger partial charge in [-0.25, -0.2) is 4.98 Å². The second-order valence-electron chi connectivity index (χ2n) is 3.82. The molecular weight excluding hydrogens is 200 g/mol. The first-order chi connectivity index (χ1) is 7.85. The molecule has 0 amide bonds. The highest BCUT2D eigenvalue weighted by Gasteiger charge is 2.14. The summed E-state index contributed by atoms with van der Waals surface area (Å²) in [6.45, 7) is 4.31. The van der Waals surface area contributed by atoms with Crippen molar-refractivity contribution in [2.24, 2.45) is 0 Å². The average molecular weight is 216 g/mol. The molecule has 0 saturated carbocycles. The van der Waals surface area contributed by atoms with Crippen LogP contribution in [0.1, 0.15) is 38.5 Å². The Bertz CT molecular complexity index is 432. The summed E-state index contributed by atoms with van der Waals surface area (Å²) in [7, 11) is 0. The minimum atomic E-state index is 0.422. The second kappa shape index (κ2) is 4.92. The van der Waals surface area contributed by atoms with Crippen molar-refractivity contribution in [2.75, 3.05) is 0 Å². The Kier molecular flexibility index (Phi) is 3.34. The summed E-state index contributed by atoms with van der Waals surface area (Å²) in [5, 5.41) is 0. The van der Waals surface area contributed by atoms with E-state index in [0.29, 0.717) is 5.92 Å². The summed E-state index contributed by atoms with van der Waals surface area (Å²) in [6, 6.07) is 3.87. The Labute approximate surface area is 95.5 Å². The zero-order valence-corrected chi connectivity index (χ0v) is 9.68. The van der Waals surface area contributed by atoms with Gasteiger partial charge in [-0.15, -0.1) is 0 Å². The predicted molar refractivity (Wildman–Crippen MR) is 63.1 cm³/mol. The SMILES string of the molecule is CCC(CC)c1ncc(-c2cccnc2)o1. The number of hydrogen-bond donors (Lipinski definition) is 0. The number of pyridine rings is 1. The van der Waals surface area contributed by atoms with Crippen molar-refractivity contribution in [2.45, 2.75) is 32.6 Å². The van der Waals surface area contributed by atoms with Crippen molar-refractivity contribution in [1.29, 1.82) is 0 Å². The van der Waals surface area contributed by atoms with Gasteiger partial charge in [-0.05, 0) is 25.0 Å². The molecule has 0 aliphatic rings. The van der Waals surface area contributed by atoms with Crippen LogP contribution in [0.5, 0.6) is 0 Å². The Hall–Kier alpha value is -1.64. The van der Waals surface area contributed by atoms with E-state index in [2.05, 4.69) is 23.8 Å². The van der Waals surface area contributed by atoms with Gasteiger partial charge in [0, 0.05) is 23.9 Å². The molecule has 0 saturated heterocycles. The Morgan fingerprint density at radius 2 is 2.06 bits per heavy atom. The van der Waals surface area contributed by atoms with E-state index in [9.17, 15) is 0 Å². The third-order valence-corrected chi connectivity index (χ3v) is 2.80. The van der Waals surface area contributed by atoms with Crippen LogP contribution >= 0.6 is 0 Å². The summed E-state index contributed by atoms with van der Waals surface area (Å²) in [5.74, 6) is 2.06. The van der Waals surface area contributed by atoms with Gasteiger partial charge >= 0.3 is 0 Å². The van der Waals surface area contributed by atoms with Crippen molar-refractivity contribution >= 4 is 0 Å². The van der Waals surface area contributed by atoms with Crippen molar-refractivity contribution in [3.8, 4) is 11.3 Å². The summed E-state index contributed by atoms with van der Waals surface area (Å²) < 4.78 is 5.76. The van der Waals surface area contributed by atoms with E-state index in [0.717, 1.165) is 30.1 Å². The summed E-state index contributed by atoms with van der Waals surface area (Å²) >= 11 is 0. The van der Waals surface area contributed by atoms with Crippen LogP contribution in [0.25, 0.3) is 11.3 Å². The lowest BCUT2D eigenvalue weighted by molar-refractivity contribution is 0.439. The van der Waals surface area contributed by atoms with Crippen molar-refractivity contribution in [3.63, 3.8) is 0 Å². The minimum Gasteiger partial charge on any atom is -0.440 e. The number of hydrogen-bond acceptors (Lipinski definition) is 3. The van der Waals surface area contributed by atoms with E-state index < -0.39 is 0 Å². The highest BCUT2D eigenvalue weighted by atomic mass is 16.4. The average Bonchev–Trinajstić information content (AvgIpc) is 2.81. The smallest absolute Gasteiger partial charge is 0.197 e. The molecule has 0 aliphatic heterocycles. The molecule has 3 nitrogen and oxygen atoms in total. The summed E-state index contributed by atoms with van der Waals surface area (Å²) in [5.41, 5.74) is 0.979. The van der Waals surface area contributed by atoms with Crippen LogP contribution in [0.3, 0.4) is 0 Å². The van der Waals surface area contributed by atoms with E-state index in [1.165, 1.54) is 0 Å². The fourth-order valence-electron chi connectivity index (χ4n) is 1.76. The standard InChI is InChI=1S/C13H16N2O/c1-3-10(4-2)13-15-9-12(16-13)11-6-5-7-14-8-11/h5-10H,3-4H2,1-2H3. The first kappa shape index (κ1) is 10.9. The third kappa shape index (κ3) is 2.13. The highest BCUT2D eigenvalue weighted by molar-refractivity contribution is 5.54. The van der Waals surface area contributed by atoms with Crippen molar-refractivity contribution < 1.29 is 4.42 Å². The molecular formula is C13H16N2O. The fraction of sp³-hybridized carbons (Fsp3) is 0.385. The van der Waals surface area contributed by atoms with Crippen molar-refractivity contribution in [1.82, 2.24) is 9.97 Å². The van der Waals surface area contributed by atoms with Crippen LogP contribution in [-0.4, -0.2) is 9.97 Å². The Balaban J connectivity index is 2.26. The Morgan fingerprint density at radius 3 is 2.69 bits per heavy atom. The molecule has 2 aromatic heterocycles. The molecule has 0 aliphatic carbocycles. The first-order valence-corrected chi connectivity index (χ1v) is 5.71. The zero-order chi connectivity index (χ0) is 11.4. The normalized spacial score (nSPS) is 10.9. The summed E-state index contributed by atoms with van der Waals surface area (Å²) in [4.78, 5) is 8.41. The topological polar surface area (TPSA) is 38.9 Å². The summed E-state index contributed by atoms with van der Waals surface area (Å²) in [6.07, 6.45) is 7.44. The first-order valence-electron chi connectivity index (χ1n) is 5.71. The van der Waals surface area contributed by atoms with Crippen LogP contribution in [0.15, 0.2) is 35.1 Å². The third-order valence-electron chi connectivity index (χ3n) is 2.80. The lowest BCUT2D eigenvalue weighted by Crippen LogP contribution is -1.94. The molecule has 0 spiro atoms. The van der Waals surface area contributed by atoms with Crippen molar-refractivity contribution in [3.05, 3.63) is 36.6 Å². The van der Waals surface area contributed by atoms with Gasteiger partial charge in [-0.3, -0.25) is 4.98 Å². The molecule has 3 heteroatoms. The monoisotopic (exact) mass is 216 g/mol. The van der Waals surface area contributed by atoms with E-state index in [4.69, 9.17) is 4.42 Å². The van der Waals surface area contributed by atoms with Gasteiger partial charge in [0.25, 0.3) is 0 Å². The molecule has 0 aromatic carbocycles. The minimum absolute atomic E-state index is 0.422. The van der Waals surface area contributed by atoms with Gasteiger partial charge < -0.3 is 4.42 Å². The van der Waals surface area contributed by atoms with Crippen LogP contribution in [0, 0.1) is 0 Å². The quantitative estimate of drug-likeness (QED) is 0.783. The van der Waals surface area contributed by atoms with E-state index in [1.807, 2.05) is 12.1 Å². The van der Waals surface area contributed by atoms with E-state index in [-0.39, 0.29) is 0 Å². The van der Waals surface area contributed by atoms with Gasteiger partial charge in [0.1, 0.15) is 0 Å². The molecule has 2 aromatic rings. The molecule has 0 unspecified atom stereocenters. The molecule has 16 heavy (non-hydrogen) atoms. The number of nitrogens with zero attached hydrogens (tertiary/aromatic N) is 2. The van der Waals surface area contributed by atoms with E-state index in [1.54, 1.807) is 18.6 Å². The molecule has 84 valence electrons. The predicted octanol–water partition coefficient (Wildman–Crippen LogP) is 3.64. The molecule has 0 fully saturated rings. The maximum Gasteiger partial charge on any atom is 0.197 e. The number of rotatable bonds is 4. The van der Waals surface area contributed by atoms with Crippen LogP contribution in [0.4, 0.5) is 0 Å². The van der Waals surface area contributed by atoms with Crippen LogP contribution in [-0.2, 0) is 0 Å². The zero-order valence-electron chi connectivity index (χ0n) is 9.68. The molecule has 0 N–H and O–H groups in total. The molecule has 0 atom stereocenters. The maximum atomic E-state index is 5.76. The van der Waals surface area contributed by atoms with Gasteiger partial charge in [0.05, 0.1) is 6.20 Å². The van der Waals surface area contributed by atoms with Gasteiger partial charge in [-0.1, -0.05) is 13.8 Å². The van der Waals surface area contributed by atoms with Crippen LogP contribution in [0.2, 0.25) is 0 Å². The van der Waals surface area contributed by atoms with Gasteiger partial charge in [0.15, 0.2) is 11.7 Å². The second-order valence-corrected chi connectivity index (χ2v) is 3.82. The Morgan fingerprint density at radius 1 is 1.25 bits per heavy atom. The number of oxazole rings is 1. The molecule has 0 radical (unpaired) electrons. The lowest BCUT2D eigenvalue weighted by Gasteiger charge is -2.06. The maximum absolute atomic E-state index is 5.76. The highest BCUT2D eigenvalue weighted by Crippen LogP contribution is 2.26. The van der Waals surface area contributed by atoms with Gasteiger partial charge in [0.2, 0.25) is 0 Å².